The molecule has 1 spiro atoms. The van der Waals surface area contributed by atoms with Crippen LogP contribution in [0.25, 0.3) is 10.9 Å². The molecule has 2 aliphatic rings. The second kappa shape index (κ2) is 8.50. The lowest BCUT2D eigenvalue weighted by Gasteiger charge is -2.40. The number of aromatic amines is 1. The number of piperidine rings is 1. The van der Waals surface area contributed by atoms with E-state index in [0.29, 0.717) is 24.2 Å². The number of H-pyrrole nitrogens is 1. The van der Waals surface area contributed by atoms with Crippen molar-refractivity contribution < 1.29 is 19.5 Å². The lowest BCUT2D eigenvalue weighted by Crippen LogP contribution is -2.52. The van der Waals surface area contributed by atoms with Crippen LogP contribution < -0.4 is 5.32 Å². The number of hydrogen-bond acceptors (Lipinski definition) is 3. The SMILES string of the molecule is O=C(O)CCC(NC(=O)c1cc2ccccc2[nH]1)C(=O)N1CCC2(CCCC2)CC1. The fourth-order valence-corrected chi connectivity index (χ4v) is 5.00. The Hall–Kier alpha value is -2.83. The van der Waals surface area contributed by atoms with Gasteiger partial charge >= 0.3 is 5.97 Å². The first-order chi connectivity index (χ1) is 14.5. The van der Waals surface area contributed by atoms with Crippen LogP contribution in [0.3, 0.4) is 0 Å². The molecule has 1 aliphatic heterocycles. The smallest absolute Gasteiger partial charge is 0.303 e. The average Bonchev–Trinajstić information content (AvgIpc) is 3.38. The maximum Gasteiger partial charge on any atom is 0.303 e. The molecule has 7 nitrogen and oxygen atoms in total. The lowest BCUT2D eigenvalue weighted by molar-refractivity contribution is -0.138. The van der Waals surface area contributed by atoms with E-state index in [1.807, 2.05) is 29.2 Å². The Kier molecular flexibility index (Phi) is 5.79. The lowest BCUT2D eigenvalue weighted by atomic mass is 9.77. The summed E-state index contributed by atoms with van der Waals surface area (Å²) < 4.78 is 0. The Balaban J connectivity index is 1.44. The molecule has 1 unspecified atom stereocenters. The van der Waals surface area contributed by atoms with E-state index in [1.165, 1.54) is 25.7 Å². The summed E-state index contributed by atoms with van der Waals surface area (Å²) in [7, 11) is 0. The summed E-state index contributed by atoms with van der Waals surface area (Å²) in [5.74, 6) is -1.54. The van der Waals surface area contributed by atoms with E-state index in [9.17, 15) is 14.4 Å². The van der Waals surface area contributed by atoms with Crippen LogP contribution in [0, 0.1) is 5.41 Å². The second-order valence-corrected chi connectivity index (χ2v) is 8.76. The highest BCUT2D eigenvalue weighted by atomic mass is 16.4. The van der Waals surface area contributed by atoms with E-state index in [2.05, 4.69) is 10.3 Å². The zero-order valence-corrected chi connectivity index (χ0v) is 17.2. The fourth-order valence-electron chi connectivity index (χ4n) is 5.00. The Labute approximate surface area is 175 Å². The largest absolute Gasteiger partial charge is 0.481 e. The first kappa shape index (κ1) is 20.4. The van der Waals surface area contributed by atoms with Crippen molar-refractivity contribution in [2.45, 2.75) is 57.4 Å². The Morgan fingerprint density at radius 1 is 1.10 bits per heavy atom. The number of carboxylic acids is 1. The average molecular weight is 412 g/mol. The minimum absolute atomic E-state index is 0.0851. The van der Waals surface area contributed by atoms with E-state index in [4.69, 9.17) is 5.11 Å². The maximum atomic E-state index is 13.2. The predicted molar refractivity (Wildman–Crippen MR) is 113 cm³/mol. The quantitative estimate of drug-likeness (QED) is 0.678. The number of carbonyl (C=O) groups is 3. The first-order valence-electron chi connectivity index (χ1n) is 10.9. The van der Waals surface area contributed by atoms with Gasteiger partial charge in [-0.05, 0) is 49.7 Å². The van der Waals surface area contributed by atoms with Crippen LogP contribution in [0.15, 0.2) is 30.3 Å². The summed E-state index contributed by atoms with van der Waals surface area (Å²) in [4.78, 5) is 41.9. The molecule has 2 fully saturated rings. The number of aliphatic carboxylic acids is 1. The number of carbonyl (C=O) groups excluding carboxylic acids is 2. The third kappa shape index (κ3) is 4.35. The van der Waals surface area contributed by atoms with E-state index in [-0.39, 0.29) is 24.7 Å². The van der Waals surface area contributed by atoms with Crippen molar-refractivity contribution in [3.8, 4) is 0 Å². The van der Waals surface area contributed by atoms with Gasteiger partial charge in [0.15, 0.2) is 0 Å². The van der Waals surface area contributed by atoms with Crippen LogP contribution >= 0.6 is 0 Å². The molecule has 1 saturated heterocycles. The molecule has 1 aromatic heterocycles. The number of carboxylic acid groups (broad SMARTS) is 1. The van der Waals surface area contributed by atoms with Gasteiger partial charge < -0.3 is 20.3 Å². The van der Waals surface area contributed by atoms with Crippen molar-refractivity contribution in [2.24, 2.45) is 5.41 Å². The summed E-state index contributed by atoms with van der Waals surface area (Å²) in [6, 6.07) is 8.47. The van der Waals surface area contributed by atoms with Crippen LogP contribution in [0.5, 0.6) is 0 Å². The van der Waals surface area contributed by atoms with Gasteiger partial charge in [-0.3, -0.25) is 14.4 Å². The topological polar surface area (TPSA) is 102 Å². The first-order valence-corrected chi connectivity index (χ1v) is 10.9. The molecule has 1 aromatic carbocycles. The van der Waals surface area contributed by atoms with Gasteiger partial charge in [0.25, 0.3) is 5.91 Å². The number of nitrogens with one attached hydrogen (secondary N) is 2. The minimum atomic E-state index is -0.976. The number of para-hydroxylation sites is 1. The van der Waals surface area contributed by atoms with Gasteiger partial charge in [0.05, 0.1) is 0 Å². The Bertz CT molecular complexity index is 902. The van der Waals surface area contributed by atoms with Gasteiger partial charge in [-0.2, -0.15) is 0 Å². The standard InChI is InChI=1S/C23H29N3O4/c27-20(28)8-7-18(22(30)26-13-11-23(12-14-26)9-3-4-10-23)25-21(29)19-15-16-5-1-2-6-17(16)24-19/h1-2,5-6,15,18,24H,3-4,7-14H2,(H,25,29)(H,27,28). The van der Waals surface area contributed by atoms with Gasteiger partial charge in [0, 0.05) is 30.4 Å². The molecule has 2 aromatic rings. The third-order valence-electron chi connectivity index (χ3n) is 6.82. The highest BCUT2D eigenvalue weighted by molar-refractivity contribution is 6.00. The van der Waals surface area contributed by atoms with Crippen molar-refractivity contribution >= 4 is 28.7 Å². The molecule has 30 heavy (non-hydrogen) atoms. The molecule has 1 atom stereocenters. The normalized spacial score (nSPS) is 19.1. The van der Waals surface area contributed by atoms with Gasteiger partial charge in [-0.25, -0.2) is 0 Å². The summed E-state index contributed by atoms with van der Waals surface area (Å²) >= 11 is 0. The molecule has 1 saturated carbocycles. The number of benzene rings is 1. The highest BCUT2D eigenvalue weighted by Gasteiger charge is 2.39. The number of rotatable bonds is 6. The van der Waals surface area contributed by atoms with Crippen molar-refractivity contribution in [3.63, 3.8) is 0 Å². The van der Waals surface area contributed by atoms with Crippen LogP contribution in [0.1, 0.15) is 61.9 Å². The Morgan fingerprint density at radius 2 is 1.80 bits per heavy atom. The van der Waals surface area contributed by atoms with Crippen LogP contribution in [0.4, 0.5) is 0 Å². The third-order valence-corrected chi connectivity index (χ3v) is 6.82. The minimum Gasteiger partial charge on any atom is -0.481 e. The van der Waals surface area contributed by atoms with Gasteiger partial charge in [0.2, 0.25) is 5.91 Å². The maximum absolute atomic E-state index is 13.2. The molecule has 0 bridgehead atoms. The van der Waals surface area contributed by atoms with Crippen LogP contribution in [0.2, 0.25) is 0 Å². The van der Waals surface area contributed by atoms with Gasteiger partial charge in [-0.1, -0.05) is 31.0 Å². The Morgan fingerprint density at radius 3 is 2.47 bits per heavy atom. The zero-order valence-electron chi connectivity index (χ0n) is 17.2. The number of hydrogen-bond donors (Lipinski definition) is 3. The molecule has 7 heteroatoms. The van der Waals surface area contributed by atoms with Crippen molar-refractivity contribution in [2.75, 3.05) is 13.1 Å². The molecule has 4 rings (SSSR count). The van der Waals surface area contributed by atoms with E-state index < -0.39 is 12.0 Å². The molecule has 0 radical (unpaired) electrons. The highest BCUT2D eigenvalue weighted by Crippen LogP contribution is 2.46. The summed E-state index contributed by atoms with van der Waals surface area (Å²) in [5, 5.41) is 12.8. The molecule has 1 aliphatic carbocycles. The number of fused-ring (bicyclic) bond motifs is 1. The molecule has 160 valence electrons. The summed E-state index contributed by atoms with van der Waals surface area (Å²) in [6.45, 7) is 1.37. The predicted octanol–water partition coefficient (Wildman–Crippen LogP) is 3.31. The summed E-state index contributed by atoms with van der Waals surface area (Å²) in [5.41, 5.74) is 1.60. The van der Waals surface area contributed by atoms with E-state index in [0.717, 1.165) is 23.7 Å². The number of nitrogens with zero attached hydrogens (tertiary/aromatic N) is 1. The van der Waals surface area contributed by atoms with Crippen LogP contribution in [-0.4, -0.2) is 51.9 Å². The van der Waals surface area contributed by atoms with E-state index >= 15 is 0 Å². The van der Waals surface area contributed by atoms with Crippen molar-refractivity contribution in [3.05, 3.63) is 36.0 Å². The molecular formula is C23H29N3O4. The van der Waals surface area contributed by atoms with Gasteiger partial charge in [0.1, 0.15) is 11.7 Å². The zero-order chi connectivity index (χ0) is 21.1. The fraction of sp³-hybridized carbons (Fsp3) is 0.522. The number of amides is 2. The van der Waals surface area contributed by atoms with Crippen molar-refractivity contribution in [1.29, 1.82) is 0 Å². The van der Waals surface area contributed by atoms with Crippen LogP contribution in [-0.2, 0) is 9.59 Å². The number of aromatic nitrogens is 1. The second-order valence-electron chi connectivity index (χ2n) is 8.76. The van der Waals surface area contributed by atoms with Crippen molar-refractivity contribution in [1.82, 2.24) is 15.2 Å². The van der Waals surface area contributed by atoms with Gasteiger partial charge in [-0.15, -0.1) is 0 Å². The molecule has 2 heterocycles. The molecule has 2 amide bonds. The molecular weight excluding hydrogens is 382 g/mol. The number of likely N-dealkylation sites (tertiary alicyclic amines) is 1. The monoisotopic (exact) mass is 411 g/mol. The summed E-state index contributed by atoms with van der Waals surface area (Å²) in [6.07, 6.45) is 6.96. The van der Waals surface area contributed by atoms with E-state index in [1.54, 1.807) is 6.07 Å². The molecule has 3 N–H and O–H groups in total.